The van der Waals surface area contributed by atoms with Gasteiger partial charge in [0.1, 0.15) is 5.75 Å². The fourth-order valence-corrected chi connectivity index (χ4v) is 7.55. The Kier molecular flexibility index (Phi) is 4.91. The molecule has 3 nitrogen and oxygen atoms in total. The van der Waals surface area contributed by atoms with Crippen molar-refractivity contribution in [2.75, 3.05) is 7.11 Å². The Balaban J connectivity index is 1.44. The highest BCUT2D eigenvalue weighted by molar-refractivity contribution is 5.56. The smallest absolute Gasteiger partial charge is 0.118 e. The topological polar surface area (TPSA) is 49.7 Å². The van der Waals surface area contributed by atoms with Gasteiger partial charge in [-0.1, -0.05) is 43.7 Å². The Bertz CT molecular complexity index is 869. The molecule has 0 aliphatic heterocycles. The number of ether oxygens (including phenoxy) is 1. The summed E-state index contributed by atoms with van der Waals surface area (Å²) < 4.78 is 5.28. The van der Waals surface area contributed by atoms with Gasteiger partial charge in [-0.2, -0.15) is 0 Å². The zero-order valence-electron chi connectivity index (χ0n) is 18.6. The van der Waals surface area contributed by atoms with Crippen LogP contribution < -0.4 is 4.74 Å². The van der Waals surface area contributed by atoms with Crippen LogP contribution in [-0.4, -0.2) is 29.5 Å². The highest BCUT2D eigenvalue weighted by atomic mass is 16.5. The number of rotatable bonds is 2. The van der Waals surface area contributed by atoms with E-state index in [1.165, 1.54) is 17.6 Å². The van der Waals surface area contributed by atoms with Gasteiger partial charge in [-0.05, 0) is 91.4 Å². The van der Waals surface area contributed by atoms with Gasteiger partial charge in [0.25, 0.3) is 0 Å². The van der Waals surface area contributed by atoms with Gasteiger partial charge in [-0.15, -0.1) is 0 Å². The maximum atomic E-state index is 11.4. The molecule has 4 aliphatic carbocycles. The Hall–Kier alpha value is -1.58. The van der Waals surface area contributed by atoms with Crippen molar-refractivity contribution in [1.82, 2.24) is 0 Å². The largest absolute Gasteiger partial charge is 0.497 e. The second kappa shape index (κ2) is 7.24. The van der Waals surface area contributed by atoms with Gasteiger partial charge in [0, 0.05) is 5.41 Å². The van der Waals surface area contributed by atoms with Gasteiger partial charge in [-0.3, -0.25) is 0 Å². The first-order valence-corrected chi connectivity index (χ1v) is 11.8. The molecule has 5 rings (SSSR count). The van der Waals surface area contributed by atoms with Crippen molar-refractivity contribution in [3.05, 3.63) is 47.1 Å². The Morgan fingerprint density at radius 2 is 1.77 bits per heavy atom. The summed E-state index contributed by atoms with van der Waals surface area (Å²) in [5.41, 5.74) is 4.08. The van der Waals surface area contributed by atoms with Crippen LogP contribution in [0.25, 0.3) is 6.08 Å². The van der Waals surface area contributed by atoms with Crippen LogP contribution in [0.15, 0.2) is 41.5 Å². The Morgan fingerprint density at radius 3 is 2.50 bits per heavy atom. The molecule has 2 N–H and O–H groups in total. The van der Waals surface area contributed by atoms with E-state index >= 15 is 0 Å². The van der Waals surface area contributed by atoms with E-state index < -0.39 is 0 Å². The molecule has 162 valence electrons. The van der Waals surface area contributed by atoms with E-state index in [2.05, 4.69) is 38.1 Å². The minimum Gasteiger partial charge on any atom is -0.497 e. The molecule has 0 heterocycles. The van der Waals surface area contributed by atoms with Crippen LogP contribution in [0, 0.1) is 28.6 Å². The monoisotopic (exact) mass is 408 g/mol. The van der Waals surface area contributed by atoms with Gasteiger partial charge >= 0.3 is 0 Å². The summed E-state index contributed by atoms with van der Waals surface area (Å²) in [6, 6.07) is 8.14. The number of hydrogen-bond donors (Lipinski definition) is 2. The summed E-state index contributed by atoms with van der Waals surface area (Å²) in [5, 5.41) is 21.6. The fraction of sp³-hybridized carbons (Fsp3) is 0.630. The highest BCUT2D eigenvalue weighted by Gasteiger charge is 2.59. The summed E-state index contributed by atoms with van der Waals surface area (Å²) in [6.07, 6.45) is 11.5. The molecule has 3 heteroatoms. The van der Waals surface area contributed by atoms with Crippen molar-refractivity contribution in [2.24, 2.45) is 28.6 Å². The minimum absolute atomic E-state index is 0.0185. The number of aliphatic hydroxyl groups excluding tert-OH is 2. The average Bonchev–Trinajstić information content (AvgIpc) is 3.00. The Morgan fingerprint density at radius 1 is 1.00 bits per heavy atom. The molecule has 1 aromatic rings. The molecule has 0 unspecified atom stereocenters. The lowest BCUT2D eigenvalue weighted by molar-refractivity contribution is -0.0685. The van der Waals surface area contributed by atoms with E-state index in [0.717, 1.165) is 49.8 Å². The number of hydrogen-bond acceptors (Lipinski definition) is 3. The van der Waals surface area contributed by atoms with Crippen LogP contribution in [-0.2, 0) is 0 Å². The fourth-order valence-electron chi connectivity index (χ4n) is 7.55. The summed E-state index contributed by atoms with van der Waals surface area (Å²) in [7, 11) is 1.69. The van der Waals surface area contributed by atoms with Gasteiger partial charge in [-0.25, -0.2) is 0 Å². The molecule has 0 spiro atoms. The number of benzene rings is 1. The molecule has 0 radical (unpaired) electrons. The third-order valence-electron chi connectivity index (χ3n) is 9.41. The van der Waals surface area contributed by atoms with Crippen LogP contribution in [0.4, 0.5) is 0 Å². The van der Waals surface area contributed by atoms with E-state index in [1.54, 1.807) is 7.11 Å². The quantitative estimate of drug-likeness (QED) is 0.647. The average molecular weight is 409 g/mol. The van der Waals surface area contributed by atoms with Crippen molar-refractivity contribution in [1.29, 1.82) is 0 Å². The second-order valence-corrected chi connectivity index (χ2v) is 10.8. The summed E-state index contributed by atoms with van der Waals surface area (Å²) in [5.74, 6) is 2.74. The van der Waals surface area contributed by atoms with Crippen molar-refractivity contribution in [3.8, 4) is 5.75 Å². The van der Waals surface area contributed by atoms with Crippen molar-refractivity contribution < 1.29 is 14.9 Å². The molecule has 0 saturated heterocycles. The van der Waals surface area contributed by atoms with Gasteiger partial charge in [0.15, 0.2) is 0 Å². The molecule has 7 atom stereocenters. The predicted molar refractivity (Wildman–Crippen MR) is 120 cm³/mol. The summed E-state index contributed by atoms with van der Waals surface area (Å²) in [6.45, 7) is 4.79. The number of fused-ring (bicyclic) bond motifs is 5. The molecule has 0 aromatic heterocycles. The van der Waals surface area contributed by atoms with E-state index in [4.69, 9.17) is 4.74 Å². The van der Waals surface area contributed by atoms with Gasteiger partial charge in [0.05, 0.1) is 19.3 Å². The molecule has 30 heavy (non-hydrogen) atoms. The van der Waals surface area contributed by atoms with E-state index in [-0.39, 0.29) is 23.0 Å². The maximum Gasteiger partial charge on any atom is 0.118 e. The van der Waals surface area contributed by atoms with E-state index in [0.29, 0.717) is 17.8 Å². The molecule has 0 amide bonds. The molecular formula is C27H36O3. The zero-order valence-corrected chi connectivity index (χ0v) is 18.6. The van der Waals surface area contributed by atoms with Crippen LogP contribution in [0.1, 0.15) is 64.4 Å². The number of aliphatic hydroxyl groups is 2. The van der Waals surface area contributed by atoms with E-state index in [9.17, 15) is 10.2 Å². The van der Waals surface area contributed by atoms with E-state index in [1.807, 2.05) is 12.1 Å². The lowest BCUT2D eigenvalue weighted by Crippen LogP contribution is -2.51. The van der Waals surface area contributed by atoms with Crippen LogP contribution in [0.5, 0.6) is 5.75 Å². The lowest BCUT2D eigenvalue weighted by Gasteiger charge is -2.57. The number of allylic oxidation sites excluding steroid dienone is 1. The van der Waals surface area contributed by atoms with Crippen molar-refractivity contribution >= 4 is 6.08 Å². The Labute approximate surface area is 180 Å². The molecule has 3 saturated carbocycles. The standard InChI is InChI=1S/C27H36O3/c1-26-12-10-20(28)16-19(26)6-9-22-23(26)11-13-27(2)24(22)15-18(25(27)29)14-17-4-7-21(30-3)8-5-17/h4-8,14,20,22-25,28-29H,9-13,15-16H2,1-3H3/t20-,22+,23-,24+,25-,26+,27+/m0/s1. The van der Waals surface area contributed by atoms with Crippen molar-refractivity contribution in [3.63, 3.8) is 0 Å². The third kappa shape index (κ3) is 3.00. The second-order valence-electron chi connectivity index (χ2n) is 10.8. The third-order valence-corrected chi connectivity index (χ3v) is 9.41. The van der Waals surface area contributed by atoms with Crippen LogP contribution >= 0.6 is 0 Å². The van der Waals surface area contributed by atoms with Gasteiger partial charge in [0.2, 0.25) is 0 Å². The number of methoxy groups -OCH3 is 1. The lowest BCUT2D eigenvalue weighted by atomic mass is 9.48. The van der Waals surface area contributed by atoms with Crippen LogP contribution in [0.3, 0.4) is 0 Å². The molecule has 4 aliphatic rings. The predicted octanol–water partition coefficient (Wildman–Crippen LogP) is 5.37. The molecule has 3 fully saturated rings. The first-order chi connectivity index (χ1) is 14.3. The zero-order chi connectivity index (χ0) is 21.1. The first-order valence-electron chi connectivity index (χ1n) is 11.8. The van der Waals surface area contributed by atoms with Crippen molar-refractivity contribution in [2.45, 2.75) is 71.0 Å². The van der Waals surface area contributed by atoms with Gasteiger partial charge < -0.3 is 14.9 Å². The summed E-state index contributed by atoms with van der Waals surface area (Å²) >= 11 is 0. The highest BCUT2D eigenvalue weighted by Crippen LogP contribution is 2.65. The normalized spacial score (nSPS) is 44.1. The van der Waals surface area contributed by atoms with Crippen LogP contribution in [0.2, 0.25) is 0 Å². The SMILES string of the molecule is COc1ccc(C=C2C[C@@H]3[C@@H]4CC=C5C[C@@H](O)CC[C@@]5(C)[C@H]4CC[C@@]3(C)[C@H]2O)cc1. The molecular weight excluding hydrogens is 372 g/mol. The maximum absolute atomic E-state index is 11.4. The summed E-state index contributed by atoms with van der Waals surface area (Å²) in [4.78, 5) is 0. The molecule has 1 aromatic carbocycles. The molecule has 0 bridgehead atoms. The minimum atomic E-state index is -0.350. The first kappa shape index (κ1) is 20.3.